The van der Waals surface area contributed by atoms with Crippen molar-refractivity contribution in [1.82, 2.24) is 10.6 Å². The molecule has 0 fully saturated rings. The van der Waals surface area contributed by atoms with Crippen LogP contribution in [0.15, 0.2) is 43.5 Å². The van der Waals surface area contributed by atoms with E-state index in [4.69, 9.17) is 0 Å². The molecule has 0 aromatic heterocycles. The molecular weight excluding hydrogens is 664 g/mol. The van der Waals surface area contributed by atoms with Gasteiger partial charge in [0, 0.05) is 48.6 Å². The lowest BCUT2D eigenvalue weighted by molar-refractivity contribution is -0.115. The van der Waals surface area contributed by atoms with E-state index in [2.05, 4.69) is 52.8 Å². The van der Waals surface area contributed by atoms with Gasteiger partial charge in [-0.2, -0.15) is 23.5 Å². The van der Waals surface area contributed by atoms with E-state index in [-0.39, 0.29) is 55.8 Å². The highest BCUT2D eigenvalue weighted by molar-refractivity contribution is 9.11. The zero-order valence-electron chi connectivity index (χ0n) is 20.6. The van der Waals surface area contributed by atoms with Gasteiger partial charge >= 0.3 is 0 Å². The van der Waals surface area contributed by atoms with Gasteiger partial charge in [0.15, 0.2) is 0 Å². The molecule has 2 amide bonds. The van der Waals surface area contributed by atoms with E-state index in [0.29, 0.717) is 35.7 Å². The fourth-order valence-electron chi connectivity index (χ4n) is 3.37. The summed E-state index contributed by atoms with van der Waals surface area (Å²) in [5, 5.41) is 52.0. The number of rotatable bonds is 13. The predicted molar refractivity (Wildman–Crippen MR) is 159 cm³/mol. The van der Waals surface area contributed by atoms with Crippen LogP contribution in [0.5, 0.6) is 11.5 Å². The molecule has 0 spiro atoms. The van der Waals surface area contributed by atoms with E-state index in [1.54, 1.807) is 47.8 Å². The Labute approximate surface area is 245 Å². The van der Waals surface area contributed by atoms with Gasteiger partial charge in [-0.05, 0) is 79.8 Å². The number of carbonyl (C=O) groups excluding carboxylic acids is 2. The van der Waals surface area contributed by atoms with E-state index in [1.165, 1.54) is 0 Å². The predicted octanol–water partition coefficient (Wildman–Crippen LogP) is 3.99. The van der Waals surface area contributed by atoms with Gasteiger partial charge in [0.2, 0.25) is 0 Å². The number of carbonyl (C=O) groups is 2. The van der Waals surface area contributed by atoms with Crippen molar-refractivity contribution < 1.29 is 30.2 Å². The van der Waals surface area contributed by atoms with Crippen LogP contribution in [0.1, 0.15) is 11.1 Å². The van der Waals surface area contributed by atoms with Crippen molar-refractivity contribution in [3.63, 3.8) is 0 Å². The molecule has 2 aromatic rings. The Bertz CT molecular complexity index is 1130. The van der Waals surface area contributed by atoms with Crippen LogP contribution in [0.4, 0.5) is 0 Å². The molecule has 2 rings (SSSR count). The minimum absolute atomic E-state index is 0.0490. The fourth-order valence-corrected chi connectivity index (χ4v) is 5.00. The first-order valence-electron chi connectivity index (χ1n) is 11.2. The van der Waals surface area contributed by atoms with E-state index >= 15 is 0 Å². The van der Waals surface area contributed by atoms with Crippen LogP contribution < -0.4 is 10.6 Å². The molecule has 0 saturated carbocycles. The molecule has 6 N–H and O–H groups in total. The normalized spacial score (nSPS) is 11.9. The monoisotopic (exact) mass is 690 g/mol. The molecule has 0 saturated heterocycles. The minimum atomic E-state index is -0.522. The summed E-state index contributed by atoms with van der Waals surface area (Å²) in [7, 11) is 0. The molecule has 0 aliphatic carbocycles. The molecule has 0 radical (unpaired) electrons. The fraction of sp³-hybridized carbons (Fsp3) is 0.333. The van der Waals surface area contributed by atoms with Crippen LogP contribution in [0.2, 0.25) is 0 Å². The maximum Gasteiger partial charge on any atom is 0.269 e. The van der Waals surface area contributed by atoms with Crippen molar-refractivity contribution in [3.8, 4) is 22.6 Å². The summed E-state index contributed by atoms with van der Waals surface area (Å²) >= 11 is 9.72. The van der Waals surface area contributed by atoms with Crippen LogP contribution in [0.3, 0.4) is 0 Å². The lowest BCUT2D eigenvalue weighted by atomic mass is 9.95. The summed E-state index contributed by atoms with van der Waals surface area (Å²) in [6.45, 7) is 0.819. The number of phenols is 2. The van der Waals surface area contributed by atoms with Crippen molar-refractivity contribution in [2.75, 3.05) is 37.1 Å². The Morgan fingerprint density at radius 2 is 1.13 bits per heavy atom. The summed E-state index contributed by atoms with van der Waals surface area (Å²) < 4.78 is 0.577. The molecule has 0 aliphatic heterocycles. The van der Waals surface area contributed by atoms with Crippen molar-refractivity contribution in [2.45, 2.75) is 12.8 Å². The van der Waals surface area contributed by atoms with Crippen LogP contribution in [-0.4, -0.2) is 81.0 Å². The summed E-state index contributed by atoms with van der Waals surface area (Å²) in [4.78, 5) is 24.8. The average molecular weight is 692 g/mol. The van der Waals surface area contributed by atoms with Gasteiger partial charge in [-0.1, -0.05) is 10.3 Å². The van der Waals surface area contributed by atoms with E-state index in [1.807, 2.05) is 12.5 Å². The Morgan fingerprint density at radius 3 is 1.45 bits per heavy atom. The van der Waals surface area contributed by atoms with Gasteiger partial charge in [0.05, 0.1) is 8.95 Å². The molecule has 14 heteroatoms. The molecule has 0 heterocycles. The number of aromatic hydroxyl groups is 2. The quantitative estimate of drug-likeness (QED) is 0.0795. The summed E-state index contributed by atoms with van der Waals surface area (Å²) in [5.41, 5.74) is 1.24. The molecule has 0 atom stereocenters. The van der Waals surface area contributed by atoms with Crippen LogP contribution in [0, 0.1) is 0 Å². The molecule has 0 bridgehead atoms. The molecule has 0 aliphatic rings. The first kappa shape index (κ1) is 31.8. The van der Waals surface area contributed by atoms with Gasteiger partial charge in [0.25, 0.3) is 11.8 Å². The number of hydrogen-bond donors (Lipinski definition) is 6. The minimum Gasteiger partial charge on any atom is -0.506 e. The Morgan fingerprint density at radius 1 is 0.763 bits per heavy atom. The topological polar surface area (TPSA) is 164 Å². The van der Waals surface area contributed by atoms with Gasteiger partial charge in [0.1, 0.15) is 22.9 Å². The van der Waals surface area contributed by atoms with Gasteiger partial charge < -0.3 is 31.3 Å². The second-order valence-corrected chi connectivity index (χ2v) is 11.6. The number of oxime groups is 2. The second kappa shape index (κ2) is 15.9. The summed E-state index contributed by atoms with van der Waals surface area (Å²) in [6, 6.07) is 6.26. The van der Waals surface area contributed by atoms with E-state index < -0.39 is 11.8 Å². The van der Waals surface area contributed by atoms with Crippen molar-refractivity contribution >= 4 is 78.6 Å². The number of hydrogen-bond acceptors (Lipinski definition) is 10. The van der Waals surface area contributed by atoms with Gasteiger partial charge in [-0.3, -0.25) is 9.59 Å². The maximum absolute atomic E-state index is 12.4. The SMILES string of the molecule is CSCCNC(=O)/C(Cc1cc(Br)c(O)c(-c2cc(C/C(=N/O)C(=O)NCCSC)cc(Br)c2O)c1)=N\O. The third kappa shape index (κ3) is 8.82. The molecule has 206 valence electrons. The average Bonchev–Trinajstić information content (AvgIpc) is 2.89. The smallest absolute Gasteiger partial charge is 0.269 e. The standard InChI is InChI=1S/C24H28Br2N4O6S2/c1-37-5-3-27-23(33)19(29-35)11-13-7-15(21(31)17(25)9-13)16-8-14(10-18(26)22(16)32)12-20(30-36)24(34)28-4-6-38-2/h7-10,31-32,35-36H,3-6,11-12H2,1-2H3,(H,27,33)(H,28,34)/b29-19-,30-20-. The Hall–Kier alpha value is -2.42. The van der Waals surface area contributed by atoms with Crippen LogP contribution in [-0.2, 0) is 22.4 Å². The Kier molecular flexibility index (Phi) is 13.3. The number of nitrogens with zero attached hydrogens (tertiary/aromatic N) is 2. The first-order valence-corrected chi connectivity index (χ1v) is 15.5. The molecule has 38 heavy (non-hydrogen) atoms. The number of benzene rings is 2. The van der Waals surface area contributed by atoms with E-state index in [0.717, 1.165) is 0 Å². The van der Waals surface area contributed by atoms with Crippen molar-refractivity contribution in [3.05, 3.63) is 44.3 Å². The second-order valence-electron chi connectivity index (χ2n) is 7.89. The zero-order chi connectivity index (χ0) is 28.2. The third-order valence-corrected chi connectivity index (χ3v) is 7.66. The first-order chi connectivity index (χ1) is 18.2. The van der Waals surface area contributed by atoms with Gasteiger partial charge in [-0.25, -0.2) is 0 Å². The largest absolute Gasteiger partial charge is 0.506 e. The molecular formula is C24H28Br2N4O6S2. The molecule has 0 unspecified atom stereocenters. The highest BCUT2D eigenvalue weighted by atomic mass is 79.9. The van der Waals surface area contributed by atoms with Crippen molar-refractivity contribution in [2.24, 2.45) is 10.3 Å². The van der Waals surface area contributed by atoms with Gasteiger partial charge in [-0.15, -0.1) is 0 Å². The molecule has 10 nitrogen and oxygen atoms in total. The summed E-state index contributed by atoms with van der Waals surface area (Å²) in [5.74, 6) is 0.00710. The third-order valence-electron chi connectivity index (χ3n) is 5.23. The lowest BCUT2D eigenvalue weighted by Gasteiger charge is -2.15. The lowest BCUT2D eigenvalue weighted by Crippen LogP contribution is -2.33. The van der Waals surface area contributed by atoms with Crippen LogP contribution in [0.25, 0.3) is 11.1 Å². The highest BCUT2D eigenvalue weighted by Gasteiger charge is 2.21. The number of amides is 2. The highest BCUT2D eigenvalue weighted by Crippen LogP contribution is 2.43. The van der Waals surface area contributed by atoms with E-state index in [9.17, 15) is 30.2 Å². The number of nitrogens with one attached hydrogen (secondary N) is 2. The number of thioether (sulfide) groups is 2. The van der Waals surface area contributed by atoms with Crippen molar-refractivity contribution in [1.29, 1.82) is 0 Å². The van der Waals surface area contributed by atoms with Crippen LogP contribution >= 0.6 is 55.4 Å². The summed E-state index contributed by atoms with van der Waals surface area (Å²) in [6.07, 6.45) is 3.72. The Balaban J connectivity index is 2.41. The number of halogens is 2. The number of phenolic OH excluding ortho intramolecular Hbond substituents is 2. The maximum atomic E-state index is 12.4. The molecule has 2 aromatic carbocycles. The zero-order valence-corrected chi connectivity index (χ0v) is 25.4.